The van der Waals surface area contributed by atoms with Crippen molar-refractivity contribution >= 4 is 5.91 Å². The normalized spacial score (nSPS) is 10.2. The third kappa shape index (κ3) is 4.74. The second kappa shape index (κ2) is 8.43. The van der Waals surface area contributed by atoms with Gasteiger partial charge in [0.05, 0.1) is 20.8 Å². The van der Waals surface area contributed by atoms with Crippen molar-refractivity contribution in [2.75, 3.05) is 40.9 Å². The van der Waals surface area contributed by atoms with E-state index in [0.29, 0.717) is 6.54 Å². The number of carbonyl (C=O) groups excluding carboxylic acids is 1. The highest BCUT2D eigenvalue weighted by Crippen LogP contribution is 2.27. The van der Waals surface area contributed by atoms with E-state index in [2.05, 4.69) is 5.32 Å². The maximum absolute atomic E-state index is 11.6. The average Bonchev–Trinajstić information content (AvgIpc) is 2.50. The molecule has 5 nitrogen and oxygen atoms in total. The number of likely N-dealkylation sites (N-methyl/N-ethyl adjacent to an activating group) is 1. The number of nitrogens with one attached hydrogen (secondary N) is 1. The predicted molar refractivity (Wildman–Crippen MR) is 79.4 cm³/mol. The monoisotopic (exact) mass is 280 g/mol. The molecule has 0 unspecified atom stereocenters. The van der Waals surface area contributed by atoms with Gasteiger partial charge in [0, 0.05) is 13.6 Å². The summed E-state index contributed by atoms with van der Waals surface area (Å²) >= 11 is 0. The van der Waals surface area contributed by atoms with Crippen molar-refractivity contribution in [3.05, 3.63) is 23.8 Å². The van der Waals surface area contributed by atoms with Crippen LogP contribution in [0.5, 0.6) is 11.5 Å². The van der Waals surface area contributed by atoms with Crippen molar-refractivity contribution in [1.82, 2.24) is 10.2 Å². The quantitative estimate of drug-likeness (QED) is 0.730. The number of amides is 1. The molecule has 20 heavy (non-hydrogen) atoms. The Balaban J connectivity index is 2.41. The van der Waals surface area contributed by atoms with Gasteiger partial charge in [0.25, 0.3) is 0 Å². The van der Waals surface area contributed by atoms with Crippen LogP contribution in [0.1, 0.15) is 12.5 Å². The highest BCUT2D eigenvalue weighted by atomic mass is 16.5. The number of rotatable bonds is 8. The summed E-state index contributed by atoms with van der Waals surface area (Å²) in [4.78, 5) is 13.3. The number of methoxy groups -OCH3 is 2. The Kier molecular flexibility index (Phi) is 6.87. The number of hydrogen-bond donors (Lipinski definition) is 1. The second-order valence-corrected chi connectivity index (χ2v) is 4.52. The molecule has 5 heteroatoms. The van der Waals surface area contributed by atoms with Crippen molar-refractivity contribution in [2.24, 2.45) is 0 Å². The van der Waals surface area contributed by atoms with E-state index in [1.807, 2.05) is 25.1 Å². The van der Waals surface area contributed by atoms with Gasteiger partial charge in [0.2, 0.25) is 5.91 Å². The summed E-state index contributed by atoms with van der Waals surface area (Å²) in [7, 11) is 5.05. The summed E-state index contributed by atoms with van der Waals surface area (Å²) in [5.74, 6) is 1.57. The minimum atomic E-state index is 0.111. The van der Waals surface area contributed by atoms with Crippen molar-refractivity contribution in [3.8, 4) is 11.5 Å². The van der Waals surface area contributed by atoms with E-state index in [1.165, 1.54) is 0 Å². The molecule has 112 valence electrons. The van der Waals surface area contributed by atoms with Crippen LogP contribution in [-0.4, -0.2) is 51.7 Å². The molecular weight excluding hydrogens is 256 g/mol. The lowest BCUT2D eigenvalue weighted by molar-refractivity contribution is -0.128. The molecule has 1 N–H and O–H groups in total. The number of hydrogen-bond acceptors (Lipinski definition) is 4. The van der Waals surface area contributed by atoms with E-state index in [-0.39, 0.29) is 5.91 Å². The molecule has 0 aliphatic heterocycles. The average molecular weight is 280 g/mol. The molecule has 0 bridgehead atoms. The maximum atomic E-state index is 11.6. The standard InChI is InChI=1S/C15H24N2O3/c1-5-17(2)15(18)11-16-9-8-12-6-7-13(19-3)14(10-12)20-4/h6-7,10,16H,5,8-9,11H2,1-4H3. The Hall–Kier alpha value is -1.75. The van der Waals surface area contributed by atoms with Gasteiger partial charge in [-0.2, -0.15) is 0 Å². The van der Waals surface area contributed by atoms with Crippen molar-refractivity contribution in [3.63, 3.8) is 0 Å². The van der Waals surface area contributed by atoms with Crippen LogP contribution in [0.25, 0.3) is 0 Å². The molecule has 0 saturated heterocycles. The molecule has 0 aromatic heterocycles. The minimum absolute atomic E-state index is 0.111. The Morgan fingerprint density at radius 2 is 1.95 bits per heavy atom. The fourth-order valence-electron chi connectivity index (χ4n) is 1.78. The lowest BCUT2D eigenvalue weighted by Gasteiger charge is -2.15. The van der Waals surface area contributed by atoms with Crippen molar-refractivity contribution in [2.45, 2.75) is 13.3 Å². The molecule has 0 fully saturated rings. The van der Waals surface area contributed by atoms with Gasteiger partial charge in [-0.05, 0) is 37.6 Å². The van der Waals surface area contributed by atoms with Crippen LogP contribution in [0, 0.1) is 0 Å². The first-order chi connectivity index (χ1) is 9.62. The van der Waals surface area contributed by atoms with Gasteiger partial charge in [-0.3, -0.25) is 4.79 Å². The first-order valence-corrected chi connectivity index (χ1v) is 6.78. The second-order valence-electron chi connectivity index (χ2n) is 4.52. The summed E-state index contributed by atoms with van der Waals surface area (Å²) in [6, 6.07) is 5.85. The summed E-state index contributed by atoms with van der Waals surface area (Å²) in [6.07, 6.45) is 0.837. The molecule has 0 saturated carbocycles. The molecule has 0 heterocycles. The van der Waals surface area contributed by atoms with E-state index in [9.17, 15) is 4.79 Å². The molecular formula is C15H24N2O3. The summed E-state index contributed by atoms with van der Waals surface area (Å²) in [5, 5.41) is 3.15. The zero-order valence-corrected chi connectivity index (χ0v) is 12.7. The van der Waals surface area contributed by atoms with E-state index in [4.69, 9.17) is 9.47 Å². The van der Waals surface area contributed by atoms with Crippen LogP contribution < -0.4 is 14.8 Å². The first-order valence-electron chi connectivity index (χ1n) is 6.78. The largest absolute Gasteiger partial charge is 0.493 e. The van der Waals surface area contributed by atoms with Gasteiger partial charge in [-0.1, -0.05) is 6.07 Å². The van der Waals surface area contributed by atoms with Crippen LogP contribution >= 0.6 is 0 Å². The van der Waals surface area contributed by atoms with Crippen LogP contribution in [0.3, 0.4) is 0 Å². The molecule has 0 atom stereocenters. The fourth-order valence-corrected chi connectivity index (χ4v) is 1.78. The smallest absolute Gasteiger partial charge is 0.236 e. The third-order valence-electron chi connectivity index (χ3n) is 3.21. The van der Waals surface area contributed by atoms with Gasteiger partial charge in [-0.15, -0.1) is 0 Å². The van der Waals surface area contributed by atoms with Crippen molar-refractivity contribution < 1.29 is 14.3 Å². The summed E-state index contributed by atoms with van der Waals surface area (Å²) < 4.78 is 10.5. The summed E-state index contributed by atoms with van der Waals surface area (Å²) in [5.41, 5.74) is 1.14. The SMILES string of the molecule is CCN(C)C(=O)CNCCc1ccc(OC)c(OC)c1. The highest BCUT2D eigenvalue weighted by molar-refractivity contribution is 5.77. The molecule has 1 amide bonds. The highest BCUT2D eigenvalue weighted by Gasteiger charge is 2.06. The molecule has 1 aromatic carbocycles. The topological polar surface area (TPSA) is 50.8 Å². The van der Waals surface area contributed by atoms with E-state index in [1.54, 1.807) is 26.2 Å². The molecule has 0 spiro atoms. The third-order valence-corrected chi connectivity index (χ3v) is 3.21. The minimum Gasteiger partial charge on any atom is -0.493 e. The molecule has 0 aliphatic rings. The van der Waals surface area contributed by atoms with Crippen LogP contribution in [0.2, 0.25) is 0 Å². The molecule has 0 aliphatic carbocycles. The maximum Gasteiger partial charge on any atom is 0.236 e. The summed E-state index contributed by atoms with van der Waals surface area (Å²) in [6.45, 7) is 3.81. The lowest BCUT2D eigenvalue weighted by Crippen LogP contribution is -2.36. The molecule has 1 rings (SSSR count). The lowest BCUT2D eigenvalue weighted by atomic mass is 10.1. The zero-order valence-electron chi connectivity index (χ0n) is 12.7. The van der Waals surface area contributed by atoms with Gasteiger partial charge < -0.3 is 19.7 Å². The first kappa shape index (κ1) is 16.3. The van der Waals surface area contributed by atoms with Gasteiger partial charge in [0.1, 0.15) is 0 Å². The number of benzene rings is 1. The van der Waals surface area contributed by atoms with Crippen molar-refractivity contribution in [1.29, 1.82) is 0 Å². The fraction of sp³-hybridized carbons (Fsp3) is 0.533. The van der Waals surface area contributed by atoms with Crippen LogP contribution in [0.4, 0.5) is 0 Å². The Morgan fingerprint density at radius 3 is 2.55 bits per heavy atom. The number of carbonyl (C=O) groups is 1. The Bertz CT molecular complexity index is 435. The number of ether oxygens (including phenoxy) is 2. The van der Waals surface area contributed by atoms with E-state index < -0.39 is 0 Å². The van der Waals surface area contributed by atoms with Crippen LogP contribution in [-0.2, 0) is 11.2 Å². The van der Waals surface area contributed by atoms with Gasteiger partial charge in [-0.25, -0.2) is 0 Å². The van der Waals surface area contributed by atoms with E-state index in [0.717, 1.165) is 36.6 Å². The van der Waals surface area contributed by atoms with Gasteiger partial charge >= 0.3 is 0 Å². The predicted octanol–water partition coefficient (Wildman–Crippen LogP) is 1.31. The Morgan fingerprint density at radius 1 is 1.25 bits per heavy atom. The molecule has 0 radical (unpaired) electrons. The zero-order chi connectivity index (χ0) is 15.0. The molecule has 1 aromatic rings. The van der Waals surface area contributed by atoms with Gasteiger partial charge in [0.15, 0.2) is 11.5 Å². The van der Waals surface area contributed by atoms with Crippen LogP contribution in [0.15, 0.2) is 18.2 Å². The Labute approximate surface area is 120 Å². The number of nitrogens with zero attached hydrogens (tertiary/aromatic N) is 1. The van der Waals surface area contributed by atoms with E-state index >= 15 is 0 Å².